The maximum atomic E-state index is 12.6. The summed E-state index contributed by atoms with van der Waals surface area (Å²) in [5.74, 6) is -4.12. The Labute approximate surface area is 112 Å². The highest BCUT2D eigenvalue weighted by molar-refractivity contribution is 6.15. The molecule has 0 N–H and O–H groups in total. The van der Waals surface area contributed by atoms with Crippen LogP contribution in [0, 0.1) is 0 Å². The number of alkyl halides is 6. The molecule has 0 amide bonds. The molecule has 0 radical (unpaired) electrons. The third-order valence-corrected chi connectivity index (χ3v) is 3.24. The molecule has 0 atom stereocenters. The first kappa shape index (κ1) is 16.7. The van der Waals surface area contributed by atoms with Crippen LogP contribution in [0.2, 0.25) is 0 Å². The lowest BCUT2D eigenvalue weighted by Gasteiger charge is -2.25. The van der Waals surface area contributed by atoms with Gasteiger partial charge in [-0.15, -0.1) is 0 Å². The molecule has 1 aromatic rings. The smallest absolute Gasteiger partial charge is 0.209 e. The van der Waals surface area contributed by atoms with Crippen molar-refractivity contribution in [3.8, 4) is 0 Å². The topological polar surface area (TPSA) is 38.7 Å². The van der Waals surface area contributed by atoms with Crippen molar-refractivity contribution in [2.75, 3.05) is 0 Å². The van der Waals surface area contributed by atoms with E-state index >= 15 is 0 Å². The summed E-state index contributed by atoms with van der Waals surface area (Å²) in [7, 11) is 1.52. The number of halogens is 6. The van der Waals surface area contributed by atoms with E-state index in [0.717, 1.165) is 0 Å². The molecule has 112 valence electrons. The van der Waals surface area contributed by atoms with Gasteiger partial charge in [0.15, 0.2) is 0 Å². The van der Waals surface area contributed by atoms with Crippen LogP contribution >= 0.6 is 0 Å². The number of hydrogen-bond donors (Lipinski definition) is 0. The molecule has 0 bridgehead atoms. The van der Waals surface area contributed by atoms with Gasteiger partial charge in [-0.2, -0.15) is 26.3 Å². The molecule has 0 fully saturated rings. The molecule has 0 aliphatic heterocycles. The third-order valence-electron chi connectivity index (χ3n) is 3.24. The fourth-order valence-electron chi connectivity index (χ4n) is 1.47. The first-order valence-corrected chi connectivity index (χ1v) is 5.85. The van der Waals surface area contributed by atoms with Crippen LogP contribution in [0.5, 0.6) is 0 Å². The third kappa shape index (κ3) is 3.40. The predicted octanol–water partition coefficient (Wildman–Crippen LogP) is 2.56. The van der Waals surface area contributed by atoms with Gasteiger partial charge in [0.25, 0.3) is 0 Å². The Morgan fingerprint density at radius 2 is 1.05 bits per heavy atom. The van der Waals surface area contributed by atoms with Gasteiger partial charge in [0.2, 0.25) is 11.6 Å². The lowest BCUT2D eigenvalue weighted by atomic mass is 9.64. The SMILES string of the molecule is BC(CC)(CC)c1nc(C(F)(F)F)nc(C(F)(F)F)n1. The first-order valence-electron chi connectivity index (χ1n) is 5.85. The largest absolute Gasteiger partial charge is 0.451 e. The summed E-state index contributed by atoms with van der Waals surface area (Å²) < 4.78 is 75.7. The molecule has 0 aliphatic rings. The Kier molecular flexibility index (Phi) is 4.35. The Balaban J connectivity index is 3.54. The fourth-order valence-corrected chi connectivity index (χ4v) is 1.47. The van der Waals surface area contributed by atoms with Gasteiger partial charge in [0, 0.05) is 0 Å². The number of hydrogen-bond acceptors (Lipinski definition) is 3. The van der Waals surface area contributed by atoms with Gasteiger partial charge in [-0.05, 0) is 5.31 Å². The van der Waals surface area contributed by atoms with E-state index in [2.05, 4.69) is 15.0 Å². The first-order chi connectivity index (χ1) is 8.94. The normalized spacial score (nSPS) is 13.6. The Bertz CT molecular complexity index is 449. The van der Waals surface area contributed by atoms with Crippen LogP contribution in [0.15, 0.2) is 0 Å². The minimum absolute atomic E-state index is 0.308. The highest BCUT2D eigenvalue weighted by atomic mass is 19.4. The van der Waals surface area contributed by atoms with Crippen LogP contribution < -0.4 is 0 Å². The highest BCUT2D eigenvalue weighted by Gasteiger charge is 2.43. The van der Waals surface area contributed by atoms with Gasteiger partial charge in [-0.3, -0.25) is 0 Å². The lowest BCUT2D eigenvalue weighted by molar-refractivity contribution is -0.155. The van der Waals surface area contributed by atoms with Crippen molar-refractivity contribution in [2.24, 2.45) is 0 Å². The molecule has 0 saturated heterocycles. The summed E-state index contributed by atoms with van der Waals surface area (Å²) >= 11 is 0. The van der Waals surface area contributed by atoms with E-state index in [1.54, 1.807) is 13.8 Å². The molecular weight excluding hydrogens is 287 g/mol. The van der Waals surface area contributed by atoms with Crippen LogP contribution in [-0.2, 0) is 17.7 Å². The van der Waals surface area contributed by atoms with Gasteiger partial charge < -0.3 is 0 Å². The second kappa shape index (κ2) is 5.21. The second-order valence-corrected chi connectivity index (χ2v) is 4.57. The average molecular weight is 299 g/mol. The summed E-state index contributed by atoms with van der Waals surface area (Å²) in [6, 6.07) is 0. The van der Waals surface area contributed by atoms with E-state index in [1.165, 1.54) is 7.85 Å². The van der Waals surface area contributed by atoms with Crippen molar-refractivity contribution in [2.45, 2.75) is 44.4 Å². The standard InChI is InChI=1S/C10H12BF6N3/c1-3-8(11,4-2)5-18-6(9(12,13)14)20-7(19-5)10(15,16)17/h3-4,11H2,1-2H3. The predicted molar refractivity (Wildman–Crippen MR) is 60.6 cm³/mol. The van der Waals surface area contributed by atoms with Crippen molar-refractivity contribution < 1.29 is 26.3 Å². The minimum Gasteiger partial charge on any atom is -0.209 e. The van der Waals surface area contributed by atoms with Crippen molar-refractivity contribution in [1.29, 1.82) is 0 Å². The van der Waals surface area contributed by atoms with Gasteiger partial charge in [0.1, 0.15) is 13.7 Å². The maximum Gasteiger partial charge on any atom is 0.451 e. The van der Waals surface area contributed by atoms with E-state index in [0.29, 0.717) is 12.8 Å². The molecule has 3 nitrogen and oxygen atoms in total. The zero-order valence-corrected chi connectivity index (χ0v) is 11.0. The van der Waals surface area contributed by atoms with Crippen molar-refractivity contribution in [3.05, 3.63) is 17.5 Å². The molecule has 0 spiro atoms. The summed E-state index contributed by atoms with van der Waals surface area (Å²) in [5.41, 5.74) is 0. The van der Waals surface area contributed by atoms with Crippen LogP contribution in [0.25, 0.3) is 0 Å². The molecule has 1 aromatic heterocycles. The highest BCUT2D eigenvalue weighted by Crippen LogP contribution is 2.33. The maximum absolute atomic E-state index is 12.6. The summed E-state index contributed by atoms with van der Waals surface area (Å²) in [6.45, 7) is 3.29. The number of nitrogens with zero attached hydrogens (tertiary/aromatic N) is 3. The fraction of sp³-hybridized carbons (Fsp3) is 0.700. The molecule has 0 aliphatic carbocycles. The molecule has 0 saturated carbocycles. The molecule has 0 unspecified atom stereocenters. The Hall–Kier alpha value is -1.35. The van der Waals surface area contributed by atoms with E-state index in [-0.39, 0.29) is 0 Å². The molecule has 0 aromatic carbocycles. The average Bonchev–Trinajstić information content (AvgIpc) is 2.35. The van der Waals surface area contributed by atoms with E-state index in [4.69, 9.17) is 0 Å². The van der Waals surface area contributed by atoms with E-state index in [1.807, 2.05) is 0 Å². The van der Waals surface area contributed by atoms with Crippen molar-refractivity contribution in [1.82, 2.24) is 15.0 Å². The Morgan fingerprint density at radius 1 is 0.750 bits per heavy atom. The molecule has 10 heteroatoms. The number of rotatable bonds is 3. The summed E-state index contributed by atoms with van der Waals surface area (Å²) in [4.78, 5) is 8.86. The molecule has 1 heterocycles. The van der Waals surface area contributed by atoms with Crippen LogP contribution in [0.4, 0.5) is 26.3 Å². The molecule has 20 heavy (non-hydrogen) atoms. The molecule has 1 rings (SSSR count). The van der Waals surface area contributed by atoms with Gasteiger partial charge in [-0.1, -0.05) is 26.7 Å². The zero-order valence-electron chi connectivity index (χ0n) is 11.0. The van der Waals surface area contributed by atoms with E-state index in [9.17, 15) is 26.3 Å². The number of aromatic nitrogens is 3. The minimum atomic E-state index is -5.06. The monoisotopic (exact) mass is 299 g/mol. The Morgan fingerprint density at radius 3 is 1.30 bits per heavy atom. The van der Waals surface area contributed by atoms with Crippen molar-refractivity contribution in [3.63, 3.8) is 0 Å². The van der Waals surface area contributed by atoms with Crippen LogP contribution in [0.3, 0.4) is 0 Å². The van der Waals surface area contributed by atoms with Gasteiger partial charge >= 0.3 is 12.4 Å². The quantitative estimate of drug-likeness (QED) is 0.636. The van der Waals surface area contributed by atoms with Crippen molar-refractivity contribution >= 4 is 7.85 Å². The zero-order chi connectivity index (χ0) is 15.8. The van der Waals surface area contributed by atoms with E-state index < -0.39 is 35.1 Å². The van der Waals surface area contributed by atoms with Crippen LogP contribution in [-0.4, -0.2) is 22.8 Å². The molecular formula is C10H12BF6N3. The summed E-state index contributed by atoms with van der Waals surface area (Å²) in [5, 5.41) is -0.969. The second-order valence-electron chi connectivity index (χ2n) is 4.57. The summed E-state index contributed by atoms with van der Waals surface area (Å²) in [6.07, 6.45) is -9.50. The van der Waals surface area contributed by atoms with Crippen LogP contribution in [0.1, 0.15) is 44.2 Å². The van der Waals surface area contributed by atoms with Gasteiger partial charge in [0.05, 0.1) is 0 Å². The lowest BCUT2D eigenvalue weighted by Crippen LogP contribution is -2.31. The van der Waals surface area contributed by atoms with Gasteiger partial charge in [-0.25, -0.2) is 15.0 Å².